The zero-order valence-electron chi connectivity index (χ0n) is 16.2. The Bertz CT molecular complexity index is 1020. The summed E-state index contributed by atoms with van der Waals surface area (Å²) in [6.45, 7) is 4.01. The van der Waals surface area contributed by atoms with Gasteiger partial charge in [0.05, 0.1) is 6.61 Å². The maximum Gasteiger partial charge on any atom is 0.158 e. The first-order chi connectivity index (χ1) is 14.1. The number of phenolic OH excluding ortho intramolecular Hbond substituents is 1. The topological polar surface area (TPSA) is 94.4 Å². The molecule has 8 heteroatoms. The molecule has 2 unspecified atom stereocenters. The van der Waals surface area contributed by atoms with E-state index in [1.165, 1.54) is 6.07 Å². The smallest absolute Gasteiger partial charge is 0.158 e. The minimum absolute atomic E-state index is 0.0420. The van der Waals surface area contributed by atoms with Crippen molar-refractivity contribution < 1.29 is 10.2 Å². The van der Waals surface area contributed by atoms with E-state index < -0.39 is 0 Å². The first-order valence-corrected chi connectivity index (χ1v) is 10.2. The van der Waals surface area contributed by atoms with Crippen LogP contribution in [0.1, 0.15) is 19.8 Å². The van der Waals surface area contributed by atoms with Crippen LogP contribution in [0, 0.1) is 0 Å². The number of benzene rings is 1. The highest BCUT2D eigenvalue weighted by molar-refractivity contribution is 6.30. The van der Waals surface area contributed by atoms with Crippen molar-refractivity contribution in [3.8, 4) is 17.0 Å². The number of aromatic nitrogens is 3. The average Bonchev–Trinajstić information content (AvgIpc) is 2.74. The number of hydrogen-bond acceptors (Lipinski definition) is 7. The van der Waals surface area contributed by atoms with Crippen LogP contribution in [0.4, 0.5) is 5.82 Å². The van der Waals surface area contributed by atoms with Crippen LogP contribution in [-0.4, -0.2) is 62.1 Å². The molecule has 1 fully saturated rings. The lowest BCUT2D eigenvalue weighted by atomic mass is 10.0. The van der Waals surface area contributed by atoms with Gasteiger partial charge in [0.1, 0.15) is 17.0 Å². The highest BCUT2D eigenvalue weighted by atomic mass is 35.5. The number of rotatable bonds is 5. The summed E-state index contributed by atoms with van der Waals surface area (Å²) in [7, 11) is 0. The molecule has 3 heterocycles. The van der Waals surface area contributed by atoms with E-state index in [-0.39, 0.29) is 24.4 Å². The highest BCUT2D eigenvalue weighted by Crippen LogP contribution is 2.35. The van der Waals surface area contributed by atoms with Crippen molar-refractivity contribution in [3.05, 3.63) is 41.6 Å². The third-order valence-corrected chi connectivity index (χ3v) is 5.67. The number of hydrogen-bond donors (Lipinski definition) is 3. The van der Waals surface area contributed by atoms with E-state index in [2.05, 4.69) is 25.4 Å². The minimum atomic E-state index is 0.0420. The van der Waals surface area contributed by atoms with Gasteiger partial charge < -0.3 is 15.5 Å². The monoisotopic (exact) mass is 413 g/mol. The molecule has 1 aliphatic rings. The maximum absolute atomic E-state index is 10.3. The Labute approximate surface area is 174 Å². The molecule has 2 aromatic heterocycles. The standard InChI is InChI=1S/C21H24ClN5O2/c1-13(12-28)27-9-3-4-15(11-27)24-21-17-5-2-8-23-19(17)20(25-26-21)16-7-6-14(22)10-18(16)29/h2,5-8,10,13,15,28-29H,3-4,9,11-12H2,1H3,(H,24,26). The van der Waals surface area contributed by atoms with Crippen molar-refractivity contribution in [1.82, 2.24) is 20.1 Å². The van der Waals surface area contributed by atoms with Gasteiger partial charge in [0.2, 0.25) is 0 Å². The Hall–Kier alpha value is -2.48. The number of nitrogens with one attached hydrogen (secondary N) is 1. The number of fused-ring (bicyclic) bond motifs is 1. The van der Waals surface area contributed by atoms with E-state index >= 15 is 0 Å². The van der Waals surface area contributed by atoms with Crippen LogP contribution in [0.25, 0.3) is 22.2 Å². The summed E-state index contributed by atoms with van der Waals surface area (Å²) in [6, 6.07) is 9.08. The van der Waals surface area contributed by atoms with Crippen LogP contribution in [0.15, 0.2) is 36.5 Å². The lowest BCUT2D eigenvalue weighted by Gasteiger charge is -2.36. The average molecular weight is 414 g/mol. The highest BCUT2D eigenvalue weighted by Gasteiger charge is 2.24. The number of nitrogens with zero attached hydrogens (tertiary/aromatic N) is 4. The van der Waals surface area contributed by atoms with E-state index in [1.54, 1.807) is 18.3 Å². The predicted molar refractivity (Wildman–Crippen MR) is 114 cm³/mol. The summed E-state index contributed by atoms with van der Waals surface area (Å²) in [4.78, 5) is 6.79. The maximum atomic E-state index is 10.3. The van der Waals surface area contributed by atoms with Crippen molar-refractivity contribution >= 4 is 28.3 Å². The van der Waals surface area contributed by atoms with Crippen LogP contribution in [0.3, 0.4) is 0 Å². The zero-order chi connectivity index (χ0) is 20.4. The second-order valence-electron chi connectivity index (χ2n) is 7.47. The Morgan fingerprint density at radius 1 is 1.31 bits per heavy atom. The van der Waals surface area contributed by atoms with Gasteiger partial charge in [-0.3, -0.25) is 9.88 Å². The number of aliphatic hydroxyl groups is 1. The first kappa shape index (κ1) is 19.8. The fourth-order valence-electron chi connectivity index (χ4n) is 3.81. The van der Waals surface area contributed by atoms with Gasteiger partial charge in [-0.1, -0.05) is 11.6 Å². The summed E-state index contributed by atoms with van der Waals surface area (Å²) in [5.41, 5.74) is 1.72. The third kappa shape index (κ3) is 4.12. The summed E-state index contributed by atoms with van der Waals surface area (Å²) < 4.78 is 0. The second-order valence-corrected chi connectivity index (χ2v) is 7.90. The molecular formula is C21H24ClN5O2. The van der Waals surface area contributed by atoms with Crippen molar-refractivity contribution in [1.29, 1.82) is 0 Å². The molecule has 0 spiro atoms. The van der Waals surface area contributed by atoms with Crippen molar-refractivity contribution in [2.24, 2.45) is 0 Å². The first-order valence-electron chi connectivity index (χ1n) is 9.78. The van der Waals surface area contributed by atoms with Crippen LogP contribution in [0.2, 0.25) is 5.02 Å². The molecule has 0 amide bonds. The largest absolute Gasteiger partial charge is 0.507 e. The Balaban J connectivity index is 1.67. The van der Waals surface area contributed by atoms with E-state index in [0.29, 0.717) is 27.6 Å². The molecule has 3 aromatic rings. The molecule has 0 aliphatic carbocycles. The van der Waals surface area contributed by atoms with E-state index in [9.17, 15) is 10.2 Å². The van der Waals surface area contributed by atoms with Crippen LogP contribution in [0.5, 0.6) is 5.75 Å². The third-order valence-electron chi connectivity index (χ3n) is 5.43. The number of phenols is 1. The van der Waals surface area contributed by atoms with Gasteiger partial charge in [-0.05, 0) is 56.6 Å². The molecule has 3 N–H and O–H groups in total. The van der Waals surface area contributed by atoms with Gasteiger partial charge >= 0.3 is 0 Å². The second kappa shape index (κ2) is 8.49. The Morgan fingerprint density at radius 2 is 2.17 bits per heavy atom. The van der Waals surface area contributed by atoms with Gasteiger partial charge in [0, 0.05) is 40.8 Å². The lowest BCUT2D eigenvalue weighted by molar-refractivity contribution is 0.110. The summed E-state index contributed by atoms with van der Waals surface area (Å²) >= 11 is 5.96. The number of aromatic hydroxyl groups is 1. The van der Waals surface area contributed by atoms with E-state index in [4.69, 9.17) is 11.6 Å². The molecule has 4 rings (SSSR count). The Kier molecular flexibility index (Phi) is 5.80. The molecule has 152 valence electrons. The van der Waals surface area contributed by atoms with E-state index in [0.717, 1.165) is 31.3 Å². The molecule has 7 nitrogen and oxygen atoms in total. The van der Waals surface area contributed by atoms with Crippen molar-refractivity contribution in [3.63, 3.8) is 0 Å². The molecule has 1 aromatic carbocycles. The summed E-state index contributed by atoms with van der Waals surface area (Å²) in [6.07, 6.45) is 3.79. The predicted octanol–water partition coefficient (Wildman–Crippen LogP) is 3.31. The molecule has 1 aliphatic heterocycles. The van der Waals surface area contributed by atoms with Gasteiger partial charge in [0.15, 0.2) is 5.82 Å². The van der Waals surface area contributed by atoms with Crippen LogP contribution in [-0.2, 0) is 0 Å². The molecule has 1 saturated heterocycles. The Morgan fingerprint density at radius 3 is 2.97 bits per heavy atom. The zero-order valence-corrected chi connectivity index (χ0v) is 17.0. The summed E-state index contributed by atoms with van der Waals surface area (Å²) in [5.74, 6) is 0.717. The van der Waals surface area contributed by atoms with Gasteiger partial charge in [-0.25, -0.2) is 0 Å². The number of likely N-dealkylation sites (tertiary alicyclic amines) is 1. The van der Waals surface area contributed by atoms with Gasteiger partial charge in [-0.15, -0.1) is 10.2 Å². The van der Waals surface area contributed by atoms with E-state index in [1.807, 2.05) is 19.1 Å². The van der Waals surface area contributed by atoms with Crippen molar-refractivity contribution in [2.75, 3.05) is 25.0 Å². The summed E-state index contributed by atoms with van der Waals surface area (Å²) in [5, 5.41) is 33.4. The molecule has 0 saturated carbocycles. The number of anilines is 1. The molecule has 29 heavy (non-hydrogen) atoms. The lowest BCUT2D eigenvalue weighted by Crippen LogP contribution is -2.47. The van der Waals surface area contributed by atoms with Crippen LogP contribution < -0.4 is 5.32 Å². The SMILES string of the molecule is CC(CO)N1CCCC(Nc2nnc(-c3ccc(Cl)cc3O)c3ncccc23)C1. The fourth-order valence-corrected chi connectivity index (χ4v) is 3.98. The number of halogens is 1. The molecule has 0 bridgehead atoms. The molecular weight excluding hydrogens is 390 g/mol. The minimum Gasteiger partial charge on any atom is -0.507 e. The molecule has 2 atom stereocenters. The number of aliphatic hydroxyl groups excluding tert-OH is 1. The van der Waals surface area contributed by atoms with Crippen LogP contribution >= 0.6 is 11.6 Å². The van der Waals surface area contributed by atoms with Gasteiger partial charge in [-0.2, -0.15) is 0 Å². The van der Waals surface area contributed by atoms with Gasteiger partial charge in [0.25, 0.3) is 0 Å². The number of piperidine rings is 1. The quantitative estimate of drug-likeness (QED) is 0.590. The normalized spacial score (nSPS) is 18.7. The number of pyridine rings is 1. The molecule has 0 radical (unpaired) electrons. The van der Waals surface area contributed by atoms with Crippen molar-refractivity contribution in [2.45, 2.75) is 31.8 Å². The fraction of sp³-hybridized carbons (Fsp3) is 0.381.